The van der Waals surface area contributed by atoms with Crippen LogP contribution in [0.15, 0.2) is 24.3 Å². The Kier molecular flexibility index (Phi) is 6.02. The summed E-state index contributed by atoms with van der Waals surface area (Å²) in [6.45, 7) is 5.47. The minimum Gasteiger partial charge on any atom is -0.493 e. The fraction of sp³-hybridized carbons (Fsp3) is 0.467. The second kappa shape index (κ2) is 7.52. The van der Waals surface area contributed by atoms with Crippen molar-refractivity contribution in [1.29, 1.82) is 0 Å². The molecule has 1 rings (SSSR count). The topological polar surface area (TPSA) is 90.6 Å². The predicted octanol–water partition coefficient (Wildman–Crippen LogP) is 1.50. The fourth-order valence-electron chi connectivity index (χ4n) is 1.49. The summed E-state index contributed by atoms with van der Waals surface area (Å²) in [6.07, 6.45) is 0.0766. The van der Waals surface area contributed by atoms with E-state index in [9.17, 15) is 9.59 Å². The number of hydrogen-bond acceptors (Lipinski definition) is 5. The number of nitrogens with one attached hydrogen (secondary N) is 1. The van der Waals surface area contributed by atoms with Crippen molar-refractivity contribution in [3.05, 3.63) is 24.3 Å². The number of carbonyl (C=O) groups excluding carboxylic acids is 2. The lowest BCUT2D eigenvalue weighted by atomic mass is 10.1. The van der Waals surface area contributed by atoms with Gasteiger partial charge in [0.2, 0.25) is 0 Å². The summed E-state index contributed by atoms with van der Waals surface area (Å²) in [5.41, 5.74) is 5.85. The first-order valence-electron chi connectivity index (χ1n) is 6.71. The molecule has 0 bridgehead atoms. The van der Waals surface area contributed by atoms with Crippen molar-refractivity contribution < 1.29 is 19.1 Å². The summed E-state index contributed by atoms with van der Waals surface area (Å²) in [5.74, 6) is -0.174. The Morgan fingerprint density at radius 1 is 1.19 bits per heavy atom. The van der Waals surface area contributed by atoms with E-state index in [1.165, 1.54) is 0 Å². The van der Waals surface area contributed by atoms with Crippen molar-refractivity contribution >= 4 is 17.6 Å². The monoisotopic (exact) mass is 294 g/mol. The van der Waals surface area contributed by atoms with Gasteiger partial charge in [-0.2, -0.15) is 0 Å². The Morgan fingerprint density at radius 3 is 2.38 bits per heavy atom. The lowest BCUT2D eigenvalue weighted by Gasteiger charge is -2.20. The lowest BCUT2D eigenvalue weighted by molar-refractivity contribution is -0.149. The summed E-state index contributed by atoms with van der Waals surface area (Å²) in [5, 5.41) is 2.70. The van der Waals surface area contributed by atoms with Crippen molar-refractivity contribution in [2.45, 2.75) is 32.7 Å². The Bertz CT molecular complexity index is 477. The van der Waals surface area contributed by atoms with Gasteiger partial charge in [0.05, 0.1) is 13.0 Å². The van der Waals surface area contributed by atoms with Gasteiger partial charge >= 0.3 is 5.97 Å². The van der Waals surface area contributed by atoms with Crippen molar-refractivity contribution in [3.8, 4) is 5.75 Å². The largest absolute Gasteiger partial charge is 0.493 e. The Morgan fingerprint density at radius 2 is 1.81 bits per heavy atom. The molecule has 6 nitrogen and oxygen atoms in total. The maximum absolute atomic E-state index is 11.5. The van der Waals surface area contributed by atoms with Gasteiger partial charge in [0.25, 0.3) is 5.91 Å². The zero-order valence-corrected chi connectivity index (χ0v) is 12.6. The van der Waals surface area contributed by atoms with Gasteiger partial charge in [-0.05, 0) is 45.0 Å². The summed E-state index contributed by atoms with van der Waals surface area (Å²) in [4.78, 5) is 22.9. The molecule has 1 amide bonds. The van der Waals surface area contributed by atoms with Gasteiger partial charge in [0.15, 0.2) is 6.61 Å². The summed E-state index contributed by atoms with van der Waals surface area (Å²) < 4.78 is 10.2. The molecule has 3 N–H and O–H groups in total. The minimum absolute atomic E-state index is 0.0766. The highest BCUT2D eigenvalue weighted by Crippen LogP contribution is 2.13. The molecule has 6 heteroatoms. The van der Waals surface area contributed by atoms with E-state index in [0.29, 0.717) is 11.4 Å². The second-order valence-electron chi connectivity index (χ2n) is 5.63. The molecule has 0 heterocycles. The summed E-state index contributed by atoms with van der Waals surface area (Å²) >= 11 is 0. The molecule has 1 aromatic rings. The third-order valence-corrected chi connectivity index (χ3v) is 2.33. The van der Waals surface area contributed by atoms with Crippen molar-refractivity contribution in [1.82, 2.24) is 5.32 Å². The summed E-state index contributed by atoms with van der Waals surface area (Å²) in [7, 11) is 0. The first-order chi connectivity index (χ1) is 9.76. The third-order valence-electron chi connectivity index (χ3n) is 2.33. The van der Waals surface area contributed by atoms with Crippen molar-refractivity contribution in [2.24, 2.45) is 0 Å². The van der Waals surface area contributed by atoms with Crippen LogP contribution >= 0.6 is 0 Å². The maximum atomic E-state index is 11.5. The Hall–Kier alpha value is -2.24. The second-order valence-corrected chi connectivity index (χ2v) is 5.63. The van der Waals surface area contributed by atoms with Crippen LogP contribution in [-0.4, -0.2) is 30.6 Å². The molecule has 0 unspecified atom stereocenters. The van der Waals surface area contributed by atoms with Crippen LogP contribution in [0, 0.1) is 0 Å². The molecule has 0 atom stereocenters. The number of esters is 1. The number of ether oxygens (including phenoxy) is 2. The molecular weight excluding hydrogens is 272 g/mol. The molecule has 0 spiro atoms. The van der Waals surface area contributed by atoms with Crippen LogP contribution < -0.4 is 15.8 Å². The van der Waals surface area contributed by atoms with E-state index < -0.39 is 5.97 Å². The predicted molar refractivity (Wildman–Crippen MR) is 79.8 cm³/mol. The number of amides is 1. The molecule has 0 saturated heterocycles. The molecule has 116 valence electrons. The number of rotatable bonds is 6. The van der Waals surface area contributed by atoms with Crippen molar-refractivity contribution in [2.75, 3.05) is 18.9 Å². The molecule has 21 heavy (non-hydrogen) atoms. The van der Waals surface area contributed by atoms with Crippen LogP contribution in [-0.2, 0) is 14.3 Å². The highest BCUT2D eigenvalue weighted by atomic mass is 16.5. The number of anilines is 1. The van der Waals surface area contributed by atoms with Gasteiger partial charge in [-0.25, -0.2) is 0 Å². The number of benzene rings is 1. The highest BCUT2D eigenvalue weighted by Gasteiger charge is 2.15. The zero-order chi connectivity index (χ0) is 15.9. The van der Waals surface area contributed by atoms with Crippen LogP contribution in [0.25, 0.3) is 0 Å². The van der Waals surface area contributed by atoms with Gasteiger partial charge in [0.1, 0.15) is 5.75 Å². The Labute approximate surface area is 124 Å². The van der Waals surface area contributed by atoms with Gasteiger partial charge in [-0.3, -0.25) is 9.59 Å². The first-order valence-corrected chi connectivity index (χ1v) is 6.71. The lowest BCUT2D eigenvalue weighted by Crippen LogP contribution is -2.42. The number of hydrogen-bond donors (Lipinski definition) is 2. The molecule has 1 aromatic carbocycles. The van der Waals surface area contributed by atoms with Crippen LogP contribution in [0.4, 0.5) is 5.69 Å². The average molecular weight is 294 g/mol. The molecule has 0 saturated carbocycles. The molecule has 0 fully saturated rings. The van der Waals surface area contributed by atoms with E-state index in [-0.39, 0.29) is 31.1 Å². The quantitative estimate of drug-likeness (QED) is 0.613. The smallest absolute Gasteiger partial charge is 0.309 e. The standard InChI is InChI=1S/C15H22N2O4/c1-15(2,3)17-13(18)10-21-14(19)8-9-20-12-6-4-11(16)5-7-12/h4-7H,8-10,16H2,1-3H3,(H,17,18). The van der Waals surface area contributed by atoms with Crippen molar-refractivity contribution in [3.63, 3.8) is 0 Å². The van der Waals surface area contributed by atoms with E-state index in [2.05, 4.69) is 5.32 Å². The SMILES string of the molecule is CC(C)(C)NC(=O)COC(=O)CCOc1ccc(N)cc1. The van der Waals surface area contributed by atoms with Crippen LogP contribution in [0.3, 0.4) is 0 Å². The normalized spacial score (nSPS) is 10.8. The Balaban J connectivity index is 2.19. The van der Waals surface area contributed by atoms with Crippen LogP contribution in [0.1, 0.15) is 27.2 Å². The molecule has 0 radical (unpaired) electrons. The van der Waals surface area contributed by atoms with Crippen LogP contribution in [0.2, 0.25) is 0 Å². The fourth-order valence-corrected chi connectivity index (χ4v) is 1.49. The van der Waals surface area contributed by atoms with Gasteiger partial charge in [0, 0.05) is 11.2 Å². The third kappa shape index (κ3) is 7.81. The first kappa shape index (κ1) is 16.8. The molecular formula is C15H22N2O4. The maximum Gasteiger partial charge on any atom is 0.309 e. The summed E-state index contributed by atoms with van der Waals surface area (Å²) in [6, 6.07) is 6.86. The van der Waals surface area contributed by atoms with Gasteiger partial charge in [-0.1, -0.05) is 0 Å². The number of nitrogen functional groups attached to an aromatic ring is 1. The number of carbonyl (C=O) groups is 2. The van der Waals surface area contributed by atoms with E-state index in [0.717, 1.165) is 0 Å². The van der Waals surface area contributed by atoms with E-state index >= 15 is 0 Å². The minimum atomic E-state index is -0.477. The zero-order valence-electron chi connectivity index (χ0n) is 12.6. The van der Waals surface area contributed by atoms with Gasteiger partial charge < -0.3 is 20.5 Å². The molecule has 0 aromatic heterocycles. The molecule has 0 aliphatic carbocycles. The average Bonchev–Trinajstić information content (AvgIpc) is 2.37. The van der Waals surface area contributed by atoms with E-state index in [1.54, 1.807) is 24.3 Å². The highest BCUT2D eigenvalue weighted by molar-refractivity contribution is 5.81. The van der Waals surface area contributed by atoms with E-state index in [1.807, 2.05) is 20.8 Å². The molecule has 0 aliphatic rings. The molecule has 0 aliphatic heterocycles. The number of nitrogens with two attached hydrogens (primary N) is 1. The van der Waals surface area contributed by atoms with Crippen LogP contribution in [0.5, 0.6) is 5.75 Å². The van der Waals surface area contributed by atoms with E-state index in [4.69, 9.17) is 15.2 Å². The van der Waals surface area contributed by atoms with Gasteiger partial charge in [-0.15, -0.1) is 0 Å².